The molecule has 22 heavy (non-hydrogen) atoms. The molecule has 124 valence electrons. The van der Waals surface area contributed by atoms with Crippen molar-refractivity contribution < 1.29 is 21.9 Å². The van der Waals surface area contributed by atoms with Crippen LogP contribution in [0, 0.1) is 5.92 Å². The maximum absolute atomic E-state index is 12.3. The van der Waals surface area contributed by atoms with Crippen molar-refractivity contribution in [2.75, 3.05) is 26.2 Å². The minimum absolute atomic E-state index is 0.122. The van der Waals surface area contributed by atoms with E-state index in [9.17, 15) is 17.2 Å². The van der Waals surface area contributed by atoms with Crippen LogP contribution in [0.4, 0.5) is 8.78 Å². The smallest absolute Gasteiger partial charge is 0.251 e. The fraction of sp³-hybridized carbons (Fsp3) is 0.583. The number of halogens is 3. The molecule has 6 nitrogen and oxygen atoms in total. The maximum atomic E-state index is 12.3. The second kappa shape index (κ2) is 7.03. The molecule has 0 saturated carbocycles. The van der Waals surface area contributed by atoms with Crippen LogP contribution >= 0.6 is 11.6 Å². The van der Waals surface area contributed by atoms with Gasteiger partial charge in [0.2, 0.25) is 15.9 Å². The molecular weight excluding hydrogens is 340 g/mol. The molecule has 1 aromatic rings. The molecule has 10 heteroatoms. The Morgan fingerprint density at radius 3 is 2.82 bits per heavy atom. The molecule has 1 aromatic heterocycles. The first kappa shape index (κ1) is 17.3. The highest BCUT2D eigenvalue weighted by Crippen LogP contribution is 2.23. The van der Waals surface area contributed by atoms with E-state index in [1.807, 2.05) is 0 Å². The normalized spacial score (nSPS) is 19.8. The van der Waals surface area contributed by atoms with Gasteiger partial charge in [-0.3, -0.25) is 4.90 Å². The molecule has 2 rings (SSSR count). The lowest BCUT2D eigenvalue weighted by atomic mass is 10.1. The van der Waals surface area contributed by atoms with Gasteiger partial charge in [0.15, 0.2) is 5.15 Å². The van der Waals surface area contributed by atoms with E-state index in [4.69, 9.17) is 21.5 Å². The second-order valence-electron chi connectivity index (χ2n) is 5.10. The number of rotatable bonds is 6. The van der Waals surface area contributed by atoms with E-state index in [1.165, 1.54) is 12.1 Å². The number of aromatic nitrogens is 1. The zero-order chi connectivity index (χ0) is 16.3. The summed E-state index contributed by atoms with van der Waals surface area (Å²) in [6, 6.07) is 2.58. The molecule has 0 aromatic carbocycles. The fourth-order valence-corrected chi connectivity index (χ4v) is 3.32. The van der Waals surface area contributed by atoms with Crippen LogP contribution in [0.15, 0.2) is 17.0 Å². The van der Waals surface area contributed by atoms with Gasteiger partial charge in [-0.2, -0.15) is 0 Å². The van der Waals surface area contributed by atoms with Crippen molar-refractivity contribution in [3.63, 3.8) is 0 Å². The number of hydrogen-bond donors (Lipinski definition) is 1. The summed E-state index contributed by atoms with van der Waals surface area (Å²) in [6.07, 6.45) is -1.58. The first-order chi connectivity index (χ1) is 10.3. The molecule has 2 N–H and O–H groups in total. The molecule has 2 heterocycles. The molecule has 0 spiro atoms. The van der Waals surface area contributed by atoms with Crippen molar-refractivity contribution in [1.29, 1.82) is 0 Å². The zero-order valence-corrected chi connectivity index (χ0v) is 13.2. The number of pyridine rings is 1. The van der Waals surface area contributed by atoms with Gasteiger partial charge in [-0.15, -0.1) is 0 Å². The number of likely N-dealkylation sites (tertiary alicyclic amines) is 1. The van der Waals surface area contributed by atoms with Crippen molar-refractivity contribution in [3.05, 3.63) is 17.3 Å². The summed E-state index contributed by atoms with van der Waals surface area (Å²) in [5, 5.41) is 4.72. The number of nitrogens with zero attached hydrogens (tertiary/aromatic N) is 2. The number of nitrogens with two attached hydrogens (primary N) is 1. The molecule has 1 atom stereocenters. The summed E-state index contributed by atoms with van der Waals surface area (Å²) in [6.45, 7) is 1.21. The molecule has 0 amide bonds. The molecular formula is C12H16ClF2N3O3S. The Labute approximate surface area is 132 Å². The van der Waals surface area contributed by atoms with E-state index in [0.717, 1.165) is 6.42 Å². The van der Waals surface area contributed by atoms with E-state index in [1.54, 1.807) is 4.90 Å². The third kappa shape index (κ3) is 4.73. The summed E-state index contributed by atoms with van der Waals surface area (Å²) in [5.74, 6) is 0.293. The average Bonchev–Trinajstić information content (AvgIpc) is 2.81. The van der Waals surface area contributed by atoms with Crippen molar-refractivity contribution in [3.8, 4) is 5.88 Å². The predicted octanol–water partition coefficient (Wildman–Crippen LogP) is 1.35. The fourth-order valence-electron chi connectivity index (χ4n) is 2.31. The Hall–Kier alpha value is -1.03. The summed E-state index contributed by atoms with van der Waals surface area (Å²) in [4.78, 5) is 5.23. The number of sulfonamides is 1. The van der Waals surface area contributed by atoms with E-state index >= 15 is 0 Å². The Morgan fingerprint density at radius 2 is 2.23 bits per heavy atom. The van der Waals surface area contributed by atoms with Gasteiger partial charge in [0.1, 0.15) is 4.90 Å². The lowest BCUT2D eigenvalue weighted by Crippen LogP contribution is -2.27. The Morgan fingerprint density at radius 1 is 1.50 bits per heavy atom. The molecule has 1 fully saturated rings. The molecule has 0 unspecified atom stereocenters. The quantitative estimate of drug-likeness (QED) is 0.778. The van der Waals surface area contributed by atoms with Crippen LogP contribution in [-0.4, -0.2) is 51.0 Å². The van der Waals surface area contributed by atoms with E-state index in [0.29, 0.717) is 19.7 Å². The van der Waals surface area contributed by atoms with Gasteiger partial charge in [0.05, 0.1) is 13.2 Å². The third-order valence-corrected chi connectivity index (χ3v) is 4.67. The Kier molecular flexibility index (Phi) is 5.54. The lowest BCUT2D eigenvalue weighted by molar-refractivity contribution is 0.0962. The molecule has 1 aliphatic rings. The topological polar surface area (TPSA) is 85.5 Å². The van der Waals surface area contributed by atoms with Gasteiger partial charge < -0.3 is 4.74 Å². The van der Waals surface area contributed by atoms with Gasteiger partial charge >= 0.3 is 0 Å². The minimum atomic E-state index is -3.93. The van der Waals surface area contributed by atoms with Gasteiger partial charge in [-0.25, -0.2) is 27.3 Å². The first-order valence-corrected chi connectivity index (χ1v) is 8.51. The van der Waals surface area contributed by atoms with E-state index in [2.05, 4.69) is 4.98 Å². The highest BCUT2D eigenvalue weighted by atomic mass is 35.5. The number of ether oxygens (including phenoxy) is 1. The average molecular weight is 356 g/mol. The molecule has 0 radical (unpaired) electrons. The standard InChI is InChI=1S/C12H16ClF2N3O3S/c13-12-9(22(16,19)20)1-2-11(17-12)21-7-8-3-4-18(5-8)6-10(14)15/h1-2,8,10H,3-7H2,(H2,16,19,20)/t8-/m1/s1. The van der Waals surface area contributed by atoms with E-state index < -0.39 is 16.4 Å². The largest absolute Gasteiger partial charge is 0.477 e. The van der Waals surface area contributed by atoms with Gasteiger partial charge in [0.25, 0.3) is 6.43 Å². The van der Waals surface area contributed by atoms with Gasteiger partial charge in [-0.1, -0.05) is 11.6 Å². The van der Waals surface area contributed by atoms with Crippen molar-refractivity contribution in [1.82, 2.24) is 9.88 Å². The Balaban J connectivity index is 1.89. The highest BCUT2D eigenvalue weighted by Gasteiger charge is 2.25. The van der Waals surface area contributed by atoms with Crippen molar-refractivity contribution >= 4 is 21.6 Å². The van der Waals surface area contributed by atoms with Crippen LogP contribution in [0.1, 0.15) is 6.42 Å². The highest BCUT2D eigenvalue weighted by molar-refractivity contribution is 7.89. The number of alkyl halides is 2. The van der Waals surface area contributed by atoms with Gasteiger partial charge in [-0.05, 0) is 19.0 Å². The van der Waals surface area contributed by atoms with Crippen LogP contribution in [0.25, 0.3) is 0 Å². The summed E-state index contributed by atoms with van der Waals surface area (Å²) < 4.78 is 52.4. The zero-order valence-electron chi connectivity index (χ0n) is 11.6. The molecule has 0 bridgehead atoms. The van der Waals surface area contributed by atoms with Gasteiger partial charge in [0, 0.05) is 18.5 Å². The summed E-state index contributed by atoms with van der Waals surface area (Å²) >= 11 is 5.75. The molecule has 1 saturated heterocycles. The molecule has 0 aliphatic carbocycles. The minimum Gasteiger partial charge on any atom is -0.477 e. The van der Waals surface area contributed by atoms with Crippen molar-refractivity contribution in [2.45, 2.75) is 17.7 Å². The predicted molar refractivity (Wildman–Crippen MR) is 76.7 cm³/mol. The number of hydrogen-bond acceptors (Lipinski definition) is 5. The summed E-state index contributed by atoms with van der Waals surface area (Å²) in [7, 11) is -3.93. The molecule has 1 aliphatic heterocycles. The lowest BCUT2D eigenvalue weighted by Gasteiger charge is -2.15. The van der Waals surface area contributed by atoms with Crippen LogP contribution in [0.5, 0.6) is 5.88 Å². The van der Waals surface area contributed by atoms with Crippen LogP contribution in [0.2, 0.25) is 5.15 Å². The SMILES string of the molecule is NS(=O)(=O)c1ccc(OC[C@@H]2CCN(CC(F)F)C2)nc1Cl. The maximum Gasteiger partial charge on any atom is 0.251 e. The van der Waals surface area contributed by atoms with Crippen LogP contribution in [-0.2, 0) is 10.0 Å². The van der Waals surface area contributed by atoms with Crippen LogP contribution < -0.4 is 9.88 Å². The second-order valence-corrected chi connectivity index (χ2v) is 6.99. The van der Waals surface area contributed by atoms with Crippen LogP contribution in [0.3, 0.4) is 0 Å². The number of primary sulfonamides is 1. The monoisotopic (exact) mass is 355 g/mol. The third-order valence-electron chi connectivity index (χ3n) is 3.33. The van der Waals surface area contributed by atoms with Crippen molar-refractivity contribution in [2.24, 2.45) is 11.1 Å². The summed E-state index contributed by atoms with van der Waals surface area (Å²) in [5.41, 5.74) is 0. The first-order valence-electron chi connectivity index (χ1n) is 6.58. The Bertz CT molecular complexity index is 630. The van der Waals surface area contributed by atoms with E-state index in [-0.39, 0.29) is 28.4 Å².